The Morgan fingerprint density at radius 3 is 2.42 bits per heavy atom. The molecule has 0 heterocycles. The van der Waals surface area contributed by atoms with Gasteiger partial charge >= 0.3 is 0 Å². The van der Waals surface area contributed by atoms with Gasteiger partial charge in [0.15, 0.2) is 5.78 Å². The largest absolute Gasteiger partial charge is 0.294 e. The minimum absolute atomic E-state index is 0.000472. The molecule has 0 aliphatic carbocycles. The number of benzene rings is 1. The van der Waals surface area contributed by atoms with E-state index in [1.807, 2.05) is 6.07 Å². The lowest BCUT2D eigenvalue weighted by atomic mass is 10.1. The minimum Gasteiger partial charge on any atom is -0.294 e. The van der Waals surface area contributed by atoms with Gasteiger partial charge in [-0.1, -0.05) is 12.1 Å². The molecule has 0 N–H and O–H groups in total. The summed E-state index contributed by atoms with van der Waals surface area (Å²) in [4.78, 5) is 11.1. The zero-order valence-electron chi connectivity index (χ0n) is 6.58. The first-order chi connectivity index (χ1) is 5.77. The summed E-state index contributed by atoms with van der Waals surface area (Å²) < 4.78 is 0. The van der Waals surface area contributed by atoms with Crippen LogP contribution in [0.25, 0.3) is 0 Å². The third-order valence-electron chi connectivity index (χ3n) is 1.56. The van der Waals surface area contributed by atoms with E-state index in [1.165, 1.54) is 0 Å². The summed E-state index contributed by atoms with van der Waals surface area (Å²) in [6.07, 6.45) is 0.256. The van der Waals surface area contributed by atoms with Crippen LogP contribution in [0.4, 0.5) is 0 Å². The Kier molecular flexibility index (Phi) is 2.60. The number of carbonyl (C=O) groups is 1. The van der Waals surface area contributed by atoms with E-state index >= 15 is 0 Å². The van der Waals surface area contributed by atoms with E-state index < -0.39 is 0 Å². The maximum absolute atomic E-state index is 11.1. The van der Waals surface area contributed by atoms with Crippen molar-refractivity contribution in [2.75, 3.05) is 0 Å². The molecule has 12 heavy (non-hydrogen) atoms. The van der Waals surface area contributed by atoms with Gasteiger partial charge in [-0.25, -0.2) is 0 Å². The molecule has 0 spiro atoms. The van der Waals surface area contributed by atoms with Gasteiger partial charge in [0.1, 0.15) is 0 Å². The Hall–Kier alpha value is -1.62. The lowest BCUT2D eigenvalue weighted by molar-refractivity contribution is 0.0995. The molecule has 0 fully saturated rings. The fourth-order valence-corrected chi connectivity index (χ4v) is 0.875. The third-order valence-corrected chi connectivity index (χ3v) is 1.56. The third kappa shape index (κ3) is 1.70. The van der Waals surface area contributed by atoms with E-state index in [0.29, 0.717) is 11.1 Å². The number of hydrogen-bond acceptors (Lipinski definition) is 2. The summed E-state index contributed by atoms with van der Waals surface area (Å²) in [7, 11) is 0. The summed E-state index contributed by atoms with van der Waals surface area (Å²) in [6, 6.07) is 8.53. The van der Waals surface area contributed by atoms with Crippen molar-refractivity contribution >= 4 is 5.78 Å². The number of rotatable bonds is 2. The number of Topliss-reactive ketones (excluding diaryl/α,β-unsaturated/α-hetero) is 1. The molecule has 1 radical (unpaired) electrons. The van der Waals surface area contributed by atoms with Crippen molar-refractivity contribution in [1.82, 2.24) is 0 Å². The van der Waals surface area contributed by atoms with E-state index in [2.05, 4.69) is 6.92 Å². The summed E-state index contributed by atoms with van der Waals surface area (Å²) >= 11 is 0. The lowest BCUT2D eigenvalue weighted by Gasteiger charge is -1.95. The van der Waals surface area contributed by atoms with Crippen LogP contribution in [-0.4, -0.2) is 5.78 Å². The van der Waals surface area contributed by atoms with Crippen LogP contribution in [0.5, 0.6) is 0 Å². The number of carbonyl (C=O) groups excluding carboxylic acids is 1. The van der Waals surface area contributed by atoms with Crippen LogP contribution >= 0.6 is 0 Å². The first kappa shape index (κ1) is 8.48. The Labute approximate surface area is 71.4 Å². The maximum Gasteiger partial charge on any atom is 0.162 e. The number of nitriles is 1. The summed E-state index contributed by atoms with van der Waals surface area (Å²) in [5.41, 5.74) is 1.18. The van der Waals surface area contributed by atoms with Crippen molar-refractivity contribution in [3.63, 3.8) is 0 Å². The van der Waals surface area contributed by atoms with E-state index in [1.54, 1.807) is 24.3 Å². The van der Waals surface area contributed by atoms with Crippen LogP contribution in [0.3, 0.4) is 0 Å². The van der Waals surface area contributed by atoms with E-state index in [9.17, 15) is 4.79 Å². The van der Waals surface area contributed by atoms with Gasteiger partial charge in [-0.15, -0.1) is 0 Å². The maximum atomic E-state index is 11.1. The second-order valence-electron chi connectivity index (χ2n) is 2.36. The molecule has 1 aromatic rings. The number of ketones is 1. The van der Waals surface area contributed by atoms with Crippen LogP contribution < -0.4 is 0 Å². The molecule has 0 bridgehead atoms. The monoisotopic (exact) mass is 158 g/mol. The van der Waals surface area contributed by atoms with Gasteiger partial charge in [-0.2, -0.15) is 5.26 Å². The average Bonchev–Trinajstić information content (AvgIpc) is 2.17. The van der Waals surface area contributed by atoms with Crippen LogP contribution in [0, 0.1) is 18.3 Å². The molecule has 1 rings (SSSR count). The molecule has 0 amide bonds. The molecule has 0 saturated carbocycles. The highest BCUT2D eigenvalue weighted by Crippen LogP contribution is 2.05. The van der Waals surface area contributed by atoms with Crippen molar-refractivity contribution in [2.45, 2.75) is 6.42 Å². The average molecular weight is 158 g/mol. The summed E-state index contributed by atoms with van der Waals surface area (Å²) in [5, 5.41) is 8.48. The first-order valence-electron chi connectivity index (χ1n) is 3.60. The predicted octanol–water partition coefficient (Wildman–Crippen LogP) is 1.97. The second-order valence-corrected chi connectivity index (χ2v) is 2.36. The van der Waals surface area contributed by atoms with Crippen LogP contribution in [0.15, 0.2) is 24.3 Å². The zero-order chi connectivity index (χ0) is 8.97. The van der Waals surface area contributed by atoms with Gasteiger partial charge in [-0.05, 0) is 19.1 Å². The van der Waals surface area contributed by atoms with E-state index in [4.69, 9.17) is 5.26 Å². The molecule has 0 aliphatic heterocycles. The Balaban J connectivity index is 2.94. The van der Waals surface area contributed by atoms with Gasteiger partial charge in [0.2, 0.25) is 0 Å². The van der Waals surface area contributed by atoms with E-state index in [-0.39, 0.29) is 12.2 Å². The summed E-state index contributed by atoms with van der Waals surface area (Å²) in [6.45, 7) is 3.49. The predicted molar refractivity (Wildman–Crippen MR) is 45.5 cm³/mol. The van der Waals surface area contributed by atoms with Crippen molar-refractivity contribution in [3.05, 3.63) is 42.3 Å². The van der Waals surface area contributed by atoms with E-state index in [0.717, 1.165) is 0 Å². The highest BCUT2D eigenvalue weighted by Gasteiger charge is 2.01. The lowest BCUT2D eigenvalue weighted by Crippen LogP contribution is -1.95. The highest BCUT2D eigenvalue weighted by atomic mass is 16.1. The van der Waals surface area contributed by atoms with Crippen LogP contribution in [0.1, 0.15) is 22.3 Å². The molecule has 0 aliphatic rings. The summed E-state index contributed by atoms with van der Waals surface area (Å²) in [5.74, 6) is -0.000472. The molecule has 0 aromatic heterocycles. The number of hydrogen-bond donors (Lipinski definition) is 0. The van der Waals surface area contributed by atoms with Crippen LogP contribution in [-0.2, 0) is 0 Å². The van der Waals surface area contributed by atoms with Gasteiger partial charge in [-0.3, -0.25) is 4.79 Å². The standard InChI is InChI=1S/C10H8NO/c1-2-10(12)9-5-3-8(7-11)4-6-9/h3-6H,1-2H2. The quantitative estimate of drug-likeness (QED) is 0.617. The molecular weight excluding hydrogens is 150 g/mol. The van der Waals surface area contributed by atoms with Crippen molar-refractivity contribution in [3.8, 4) is 6.07 Å². The highest BCUT2D eigenvalue weighted by molar-refractivity contribution is 5.96. The molecule has 1 aromatic carbocycles. The molecule has 0 atom stereocenters. The Bertz CT molecular complexity index is 319. The van der Waals surface area contributed by atoms with Gasteiger partial charge in [0, 0.05) is 12.0 Å². The first-order valence-corrected chi connectivity index (χ1v) is 3.60. The normalized spacial score (nSPS) is 9.00. The minimum atomic E-state index is -0.000472. The van der Waals surface area contributed by atoms with Gasteiger partial charge in [0.25, 0.3) is 0 Å². The fraction of sp³-hybridized carbons (Fsp3) is 0.100. The zero-order valence-corrected chi connectivity index (χ0v) is 6.58. The van der Waals surface area contributed by atoms with Crippen molar-refractivity contribution < 1.29 is 4.79 Å². The number of nitrogens with zero attached hydrogens (tertiary/aromatic N) is 1. The van der Waals surface area contributed by atoms with Gasteiger partial charge < -0.3 is 0 Å². The SMILES string of the molecule is [CH2]CC(=O)c1ccc(C#N)cc1. The van der Waals surface area contributed by atoms with Gasteiger partial charge in [0.05, 0.1) is 11.6 Å². The van der Waals surface area contributed by atoms with Crippen molar-refractivity contribution in [1.29, 1.82) is 5.26 Å². The van der Waals surface area contributed by atoms with Crippen molar-refractivity contribution in [2.24, 2.45) is 0 Å². The topological polar surface area (TPSA) is 40.9 Å². The molecule has 2 nitrogen and oxygen atoms in total. The smallest absolute Gasteiger partial charge is 0.162 e. The molecule has 0 unspecified atom stereocenters. The molecule has 2 heteroatoms. The second kappa shape index (κ2) is 3.68. The Morgan fingerprint density at radius 2 is 2.00 bits per heavy atom. The Morgan fingerprint density at radius 1 is 1.42 bits per heavy atom. The molecule has 59 valence electrons. The fourth-order valence-electron chi connectivity index (χ4n) is 0.875. The molecular formula is C10H8NO. The molecule has 0 saturated heterocycles. The van der Waals surface area contributed by atoms with Crippen LogP contribution in [0.2, 0.25) is 0 Å².